The first-order chi connectivity index (χ1) is 8.06. The van der Waals surface area contributed by atoms with Gasteiger partial charge in [0.1, 0.15) is 5.01 Å². The Morgan fingerprint density at radius 2 is 2.12 bits per heavy atom. The van der Waals surface area contributed by atoms with Gasteiger partial charge in [0.25, 0.3) is 5.91 Å². The number of aromatic nitrogens is 2. The van der Waals surface area contributed by atoms with Crippen molar-refractivity contribution in [1.82, 2.24) is 10.2 Å². The number of hydrogen-bond donors (Lipinski definition) is 2. The Labute approximate surface area is 103 Å². The van der Waals surface area contributed by atoms with Crippen LogP contribution in [0.25, 0.3) is 0 Å². The van der Waals surface area contributed by atoms with Crippen molar-refractivity contribution in [2.45, 2.75) is 13.8 Å². The van der Waals surface area contributed by atoms with Gasteiger partial charge in [0.15, 0.2) is 0 Å². The molecule has 5 nitrogen and oxygen atoms in total. The zero-order chi connectivity index (χ0) is 12.4. The van der Waals surface area contributed by atoms with Gasteiger partial charge in [-0.05, 0) is 37.6 Å². The highest BCUT2D eigenvalue weighted by molar-refractivity contribution is 7.15. The Balaban J connectivity index is 2.20. The Morgan fingerprint density at radius 3 is 2.71 bits per heavy atom. The molecule has 1 heterocycles. The van der Waals surface area contributed by atoms with Gasteiger partial charge in [-0.2, -0.15) is 0 Å². The van der Waals surface area contributed by atoms with Gasteiger partial charge in [-0.25, -0.2) is 0 Å². The average molecular weight is 248 g/mol. The van der Waals surface area contributed by atoms with Crippen molar-refractivity contribution in [3.63, 3.8) is 0 Å². The van der Waals surface area contributed by atoms with Gasteiger partial charge in [0.2, 0.25) is 5.13 Å². The highest BCUT2D eigenvalue weighted by Crippen LogP contribution is 2.17. The summed E-state index contributed by atoms with van der Waals surface area (Å²) in [5, 5.41) is 11.7. The second-order valence-corrected chi connectivity index (χ2v) is 4.84. The lowest BCUT2D eigenvalue weighted by molar-refractivity contribution is 0.102. The standard InChI is InChI=1S/C11H12N4OS/c1-6-5-8(12)3-4-9(6)10(16)13-11-15-14-7(2)17-11/h3-5H,12H2,1-2H3,(H,13,15,16). The Morgan fingerprint density at radius 1 is 1.35 bits per heavy atom. The molecule has 2 rings (SSSR count). The van der Waals surface area contributed by atoms with Gasteiger partial charge in [-0.1, -0.05) is 11.3 Å². The predicted octanol–water partition coefficient (Wildman–Crippen LogP) is 1.99. The van der Waals surface area contributed by atoms with Crippen molar-refractivity contribution in [3.8, 4) is 0 Å². The molecular weight excluding hydrogens is 236 g/mol. The van der Waals surface area contributed by atoms with Gasteiger partial charge in [0, 0.05) is 11.3 Å². The molecule has 0 fully saturated rings. The largest absolute Gasteiger partial charge is 0.399 e. The van der Waals surface area contributed by atoms with Gasteiger partial charge < -0.3 is 5.73 Å². The van der Waals surface area contributed by atoms with Gasteiger partial charge in [-0.15, -0.1) is 10.2 Å². The minimum absolute atomic E-state index is 0.196. The van der Waals surface area contributed by atoms with Crippen LogP contribution in [0.1, 0.15) is 20.9 Å². The molecule has 0 radical (unpaired) electrons. The lowest BCUT2D eigenvalue weighted by Crippen LogP contribution is -2.13. The summed E-state index contributed by atoms with van der Waals surface area (Å²) in [7, 11) is 0. The van der Waals surface area contributed by atoms with Crippen LogP contribution < -0.4 is 11.1 Å². The number of carbonyl (C=O) groups is 1. The fourth-order valence-electron chi connectivity index (χ4n) is 1.45. The van der Waals surface area contributed by atoms with Gasteiger partial charge in [-0.3, -0.25) is 10.1 Å². The average Bonchev–Trinajstić information content (AvgIpc) is 2.63. The molecule has 2 aromatic rings. The SMILES string of the molecule is Cc1nnc(NC(=O)c2ccc(N)cc2C)s1. The van der Waals surface area contributed by atoms with E-state index in [1.807, 2.05) is 13.8 Å². The van der Waals surface area contributed by atoms with Crippen LogP contribution in [-0.2, 0) is 0 Å². The molecule has 6 heteroatoms. The molecule has 0 saturated heterocycles. The summed E-state index contributed by atoms with van der Waals surface area (Å²) in [6, 6.07) is 5.17. The molecule has 0 aliphatic heterocycles. The Hall–Kier alpha value is -1.95. The molecule has 1 aromatic carbocycles. The molecular formula is C11H12N4OS. The minimum Gasteiger partial charge on any atom is -0.399 e. The Kier molecular flexibility index (Phi) is 3.06. The van der Waals surface area contributed by atoms with Crippen molar-refractivity contribution >= 4 is 28.1 Å². The first-order valence-electron chi connectivity index (χ1n) is 5.04. The fraction of sp³-hybridized carbons (Fsp3) is 0.182. The lowest BCUT2D eigenvalue weighted by Gasteiger charge is -2.05. The number of benzene rings is 1. The van der Waals surface area contributed by atoms with Crippen molar-refractivity contribution in [2.24, 2.45) is 0 Å². The Bertz CT molecular complexity index is 564. The first kappa shape index (κ1) is 11.5. The van der Waals surface area contributed by atoms with E-state index in [4.69, 9.17) is 5.73 Å². The van der Waals surface area contributed by atoms with E-state index in [1.54, 1.807) is 18.2 Å². The summed E-state index contributed by atoms with van der Waals surface area (Å²) in [6.45, 7) is 3.68. The molecule has 0 spiro atoms. The first-order valence-corrected chi connectivity index (χ1v) is 5.85. The molecule has 1 aromatic heterocycles. The summed E-state index contributed by atoms with van der Waals surface area (Å²) in [6.07, 6.45) is 0. The highest BCUT2D eigenvalue weighted by atomic mass is 32.1. The van der Waals surface area contributed by atoms with E-state index >= 15 is 0 Å². The number of nitrogens with one attached hydrogen (secondary N) is 1. The number of nitrogens with two attached hydrogens (primary N) is 1. The maximum absolute atomic E-state index is 11.9. The van der Waals surface area contributed by atoms with Gasteiger partial charge >= 0.3 is 0 Å². The summed E-state index contributed by atoms with van der Waals surface area (Å²) in [5.74, 6) is -0.196. The van der Waals surface area contributed by atoms with Crippen LogP contribution >= 0.6 is 11.3 Å². The molecule has 0 atom stereocenters. The third-order valence-electron chi connectivity index (χ3n) is 2.24. The summed E-state index contributed by atoms with van der Waals surface area (Å²) >= 11 is 1.34. The lowest BCUT2D eigenvalue weighted by atomic mass is 10.1. The molecule has 0 saturated carbocycles. The van der Waals surface area contributed by atoms with Crippen LogP contribution in [0, 0.1) is 13.8 Å². The number of aryl methyl sites for hydroxylation is 2. The third kappa shape index (κ3) is 2.59. The van der Waals surface area contributed by atoms with Crippen LogP contribution in [0.2, 0.25) is 0 Å². The normalized spacial score (nSPS) is 10.2. The molecule has 17 heavy (non-hydrogen) atoms. The van der Waals surface area contributed by atoms with Crippen molar-refractivity contribution in [1.29, 1.82) is 0 Å². The summed E-state index contributed by atoms with van der Waals surface area (Å²) in [4.78, 5) is 11.9. The van der Waals surface area contributed by atoms with E-state index in [0.717, 1.165) is 10.6 Å². The second kappa shape index (κ2) is 4.50. The molecule has 0 bridgehead atoms. The maximum Gasteiger partial charge on any atom is 0.257 e. The monoisotopic (exact) mass is 248 g/mol. The number of rotatable bonds is 2. The zero-order valence-electron chi connectivity index (χ0n) is 9.52. The molecule has 1 amide bonds. The highest BCUT2D eigenvalue weighted by Gasteiger charge is 2.11. The smallest absolute Gasteiger partial charge is 0.257 e. The van der Waals surface area contributed by atoms with Crippen LogP contribution in [-0.4, -0.2) is 16.1 Å². The molecule has 0 aliphatic rings. The summed E-state index contributed by atoms with van der Waals surface area (Å²) < 4.78 is 0. The number of anilines is 2. The number of nitrogen functional groups attached to an aromatic ring is 1. The van der Waals surface area contributed by atoms with E-state index in [1.165, 1.54) is 11.3 Å². The predicted molar refractivity (Wildman–Crippen MR) is 68.2 cm³/mol. The fourth-order valence-corrected chi connectivity index (χ4v) is 2.04. The number of carbonyl (C=O) groups excluding carboxylic acids is 1. The molecule has 3 N–H and O–H groups in total. The van der Waals surface area contributed by atoms with E-state index in [0.29, 0.717) is 16.4 Å². The minimum atomic E-state index is -0.196. The summed E-state index contributed by atoms with van der Waals surface area (Å²) in [5.41, 5.74) is 7.70. The van der Waals surface area contributed by atoms with E-state index in [-0.39, 0.29) is 5.91 Å². The molecule has 0 aliphatic carbocycles. The van der Waals surface area contributed by atoms with Crippen molar-refractivity contribution in [3.05, 3.63) is 34.3 Å². The van der Waals surface area contributed by atoms with Crippen LogP contribution in [0.3, 0.4) is 0 Å². The molecule has 88 valence electrons. The number of nitrogens with zero attached hydrogens (tertiary/aromatic N) is 2. The van der Waals surface area contributed by atoms with Crippen LogP contribution in [0.4, 0.5) is 10.8 Å². The topological polar surface area (TPSA) is 80.9 Å². The van der Waals surface area contributed by atoms with Crippen LogP contribution in [0.5, 0.6) is 0 Å². The number of amides is 1. The van der Waals surface area contributed by atoms with Gasteiger partial charge in [0.05, 0.1) is 0 Å². The van der Waals surface area contributed by atoms with E-state index in [2.05, 4.69) is 15.5 Å². The zero-order valence-corrected chi connectivity index (χ0v) is 10.3. The molecule has 0 unspecified atom stereocenters. The van der Waals surface area contributed by atoms with E-state index in [9.17, 15) is 4.79 Å². The maximum atomic E-state index is 11.9. The quantitative estimate of drug-likeness (QED) is 0.796. The van der Waals surface area contributed by atoms with Crippen molar-refractivity contribution < 1.29 is 4.79 Å². The van der Waals surface area contributed by atoms with E-state index < -0.39 is 0 Å². The van der Waals surface area contributed by atoms with Crippen LogP contribution in [0.15, 0.2) is 18.2 Å². The van der Waals surface area contributed by atoms with Crippen molar-refractivity contribution in [2.75, 3.05) is 11.1 Å². The number of hydrogen-bond acceptors (Lipinski definition) is 5. The second-order valence-electron chi connectivity index (χ2n) is 3.65. The third-order valence-corrected chi connectivity index (χ3v) is 3.00.